The first kappa shape index (κ1) is 21.2. The summed E-state index contributed by atoms with van der Waals surface area (Å²) in [4.78, 5) is 27.1. The molecule has 30 heavy (non-hydrogen) atoms. The van der Waals surface area contributed by atoms with Gasteiger partial charge in [-0.3, -0.25) is 5.32 Å². The predicted molar refractivity (Wildman–Crippen MR) is 118 cm³/mol. The van der Waals surface area contributed by atoms with Crippen molar-refractivity contribution in [3.05, 3.63) is 35.8 Å². The van der Waals surface area contributed by atoms with E-state index in [1.165, 1.54) is 6.33 Å². The lowest BCUT2D eigenvalue weighted by atomic mass is 10.1. The number of anilines is 1. The molecule has 0 aliphatic heterocycles. The summed E-state index contributed by atoms with van der Waals surface area (Å²) in [6.07, 6.45) is 2.68. The Morgan fingerprint density at radius 1 is 1.23 bits per heavy atom. The van der Waals surface area contributed by atoms with Crippen LogP contribution in [0.2, 0.25) is 0 Å². The summed E-state index contributed by atoms with van der Waals surface area (Å²) >= 11 is 0. The maximum absolute atomic E-state index is 12.1. The lowest BCUT2D eigenvalue weighted by molar-refractivity contribution is 0.0636. The number of benzene rings is 1. The molecule has 0 unspecified atom stereocenters. The number of hydrogen-bond acceptors (Lipinski definition) is 6. The van der Waals surface area contributed by atoms with Gasteiger partial charge in [-0.2, -0.15) is 5.10 Å². The highest BCUT2D eigenvalue weighted by Crippen LogP contribution is 2.29. The van der Waals surface area contributed by atoms with Crippen molar-refractivity contribution in [1.82, 2.24) is 24.6 Å². The fourth-order valence-electron chi connectivity index (χ4n) is 2.91. The van der Waals surface area contributed by atoms with E-state index >= 15 is 0 Å². The molecular weight excluding hydrogens is 382 g/mol. The molecule has 2 aromatic heterocycles. The maximum Gasteiger partial charge on any atom is 0.412 e. The maximum atomic E-state index is 12.1. The van der Waals surface area contributed by atoms with Gasteiger partial charge in [0.25, 0.3) is 0 Å². The Hall–Kier alpha value is -3.49. The molecule has 0 fully saturated rings. The first-order valence-electron chi connectivity index (χ1n) is 9.57. The van der Waals surface area contributed by atoms with Crippen molar-refractivity contribution in [3.8, 4) is 5.69 Å². The number of aliphatic imine (C=N–C) groups is 1. The molecule has 2 heterocycles. The van der Waals surface area contributed by atoms with Crippen LogP contribution in [-0.4, -0.2) is 56.8 Å². The second-order valence-corrected chi connectivity index (χ2v) is 8.23. The molecule has 1 amide bonds. The van der Waals surface area contributed by atoms with Gasteiger partial charge in [-0.15, -0.1) is 0 Å². The minimum Gasteiger partial charge on any atom is -0.444 e. The number of amides is 1. The van der Waals surface area contributed by atoms with Crippen molar-refractivity contribution >= 4 is 35.0 Å². The number of aryl methyl sites for hydroxylation is 2. The van der Waals surface area contributed by atoms with Crippen molar-refractivity contribution in [1.29, 1.82) is 0 Å². The molecule has 0 aliphatic carbocycles. The number of aromatic nitrogens is 4. The van der Waals surface area contributed by atoms with Crippen molar-refractivity contribution in [2.45, 2.75) is 40.2 Å². The van der Waals surface area contributed by atoms with Crippen LogP contribution in [0.1, 0.15) is 32.0 Å². The summed E-state index contributed by atoms with van der Waals surface area (Å²) < 4.78 is 7.11. The third kappa shape index (κ3) is 4.73. The third-order valence-electron chi connectivity index (χ3n) is 4.09. The van der Waals surface area contributed by atoms with E-state index in [4.69, 9.17) is 4.74 Å². The number of hydrogen-bond donors (Lipinski definition) is 1. The number of ether oxygens (including phenoxy) is 1. The second kappa shape index (κ2) is 8.10. The van der Waals surface area contributed by atoms with Gasteiger partial charge < -0.3 is 9.64 Å². The molecule has 0 bridgehead atoms. The largest absolute Gasteiger partial charge is 0.444 e. The van der Waals surface area contributed by atoms with E-state index in [9.17, 15) is 4.79 Å². The minimum absolute atomic E-state index is 0.497. The van der Waals surface area contributed by atoms with Crippen LogP contribution in [-0.2, 0) is 4.74 Å². The molecule has 0 radical (unpaired) electrons. The summed E-state index contributed by atoms with van der Waals surface area (Å²) in [5.74, 6) is 0.532. The highest BCUT2D eigenvalue weighted by atomic mass is 16.6. The first-order chi connectivity index (χ1) is 14.0. The zero-order valence-corrected chi connectivity index (χ0v) is 18.4. The smallest absolute Gasteiger partial charge is 0.412 e. The summed E-state index contributed by atoms with van der Waals surface area (Å²) in [5.41, 5.74) is 4.09. The van der Waals surface area contributed by atoms with Crippen molar-refractivity contribution in [2.75, 3.05) is 19.4 Å². The van der Waals surface area contributed by atoms with Gasteiger partial charge in [-0.25, -0.2) is 24.4 Å². The molecule has 0 saturated heterocycles. The van der Waals surface area contributed by atoms with Crippen LogP contribution in [0.25, 0.3) is 16.7 Å². The van der Waals surface area contributed by atoms with Crippen LogP contribution < -0.4 is 5.32 Å². The van der Waals surface area contributed by atoms with Crippen LogP contribution >= 0.6 is 0 Å². The van der Waals surface area contributed by atoms with Crippen molar-refractivity contribution in [2.24, 2.45) is 4.99 Å². The highest BCUT2D eigenvalue weighted by Gasteiger charge is 2.18. The normalized spacial score (nSPS) is 11.8. The van der Waals surface area contributed by atoms with E-state index in [0.29, 0.717) is 11.5 Å². The molecule has 158 valence electrons. The van der Waals surface area contributed by atoms with Crippen molar-refractivity contribution in [3.63, 3.8) is 0 Å². The molecule has 3 aromatic rings. The molecule has 0 saturated carbocycles. The van der Waals surface area contributed by atoms with Gasteiger partial charge in [-0.05, 0) is 58.4 Å². The van der Waals surface area contributed by atoms with Gasteiger partial charge in [0.2, 0.25) is 0 Å². The average molecular weight is 409 g/mol. The summed E-state index contributed by atoms with van der Waals surface area (Å²) in [6.45, 7) is 9.32. The van der Waals surface area contributed by atoms with Crippen LogP contribution in [0.15, 0.2) is 29.5 Å². The summed E-state index contributed by atoms with van der Waals surface area (Å²) in [5, 5.41) is 7.42. The van der Waals surface area contributed by atoms with E-state index in [1.807, 2.05) is 71.8 Å². The summed E-state index contributed by atoms with van der Waals surface area (Å²) in [7, 11) is 3.79. The second-order valence-electron chi connectivity index (χ2n) is 8.23. The molecule has 0 atom stereocenters. The van der Waals surface area contributed by atoms with E-state index in [2.05, 4.69) is 25.4 Å². The predicted octanol–water partition coefficient (Wildman–Crippen LogP) is 4.00. The molecule has 9 heteroatoms. The third-order valence-corrected chi connectivity index (χ3v) is 4.09. The molecule has 9 nitrogen and oxygen atoms in total. The number of carbonyl (C=O) groups excluding carboxylic acids is 1. The Bertz CT molecular complexity index is 1110. The first-order valence-corrected chi connectivity index (χ1v) is 9.57. The van der Waals surface area contributed by atoms with Gasteiger partial charge in [0.05, 0.1) is 17.7 Å². The van der Waals surface area contributed by atoms with Crippen LogP contribution in [0.5, 0.6) is 0 Å². The van der Waals surface area contributed by atoms with Crippen LogP contribution in [0.4, 0.5) is 16.3 Å². The Morgan fingerprint density at radius 2 is 1.97 bits per heavy atom. The molecular formula is C21H27N7O2. The molecule has 1 N–H and O–H groups in total. The Kier molecular flexibility index (Phi) is 5.73. The van der Waals surface area contributed by atoms with Crippen molar-refractivity contribution < 1.29 is 9.53 Å². The Labute approximate surface area is 175 Å². The van der Waals surface area contributed by atoms with Crippen LogP contribution in [0, 0.1) is 13.8 Å². The van der Waals surface area contributed by atoms with E-state index < -0.39 is 11.7 Å². The molecule has 3 rings (SSSR count). The van der Waals surface area contributed by atoms with Gasteiger partial charge in [0, 0.05) is 19.8 Å². The zero-order valence-electron chi connectivity index (χ0n) is 18.4. The standard InChI is InChI=1S/C21H27N7O2/c1-13-10-15(25-20(29)30-21(3,4)5)8-9-16(13)28-18-17(14(2)26-28)22-11-23-19(18)24-12-27(6)7/h8-12H,1-7H3,(H,25,29). The number of carbonyl (C=O) groups is 1. The topological polar surface area (TPSA) is 97.5 Å². The van der Waals surface area contributed by atoms with E-state index in [1.54, 1.807) is 11.0 Å². The van der Waals surface area contributed by atoms with Gasteiger partial charge in [0.1, 0.15) is 23.0 Å². The number of fused-ring (bicyclic) bond motifs is 1. The Balaban J connectivity index is 2.01. The average Bonchev–Trinajstić information content (AvgIpc) is 2.96. The lowest BCUT2D eigenvalue weighted by Gasteiger charge is -2.20. The lowest BCUT2D eigenvalue weighted by Crippen LogP contribution is -2.27. The monoisotopic (exact) mass is 409 g/mol. The van der Waals surface area contributed by atoms with Gasteiger partial charge >= 0.3 is 6.09 Å². The number of rotatable bonds is 4. The van der Waals surface area contributed by atoms with Gasteiger partial charge in [-0.1, -0.05) is 0 Å². The molecule has 0 aliphatic rings. The highest BCUT2D eigenvalue weighted by molar-refractivity contribution is 5.89. The molecule has 1 aromatic carbocycles. The zero-order chi connectivity index (χ0) is 22.1. The minimum atomic E-state index is -0.561. The fourth-order valence-corrected chi connectivity index (χ4v) is 2.91. The fraction of sp³-hybridized carbons (Fsp3) is 0.381. The molecule has 0 spiro atoms. The number of nitrogens with one attached hydrogen (secondary N) is 1. The number of nitrogens with zero attached hydrogens (tertiary/aromatic N) is 6. The van der Waals surface area contributed by atoms with E-state index in [0.717, 1.165) is 28.0 Å². The summed E-state index contributed by atoms with van der Waals surface area (Å²) in [6, 6.07) is 5.57. The van der Waals surface area contributed by atoms with E-state index in [-0.39, 0.29) is 0 Å². The quantitative estimate of drug-likeness (QED) is 0.517. The Morgan fingerprint density at radius 3 is 2.60 bits per heavy atom. The van der Waals surface area contributed by atoms with Crippen LogP contribution in [0.3, 0.4) is 0 Å². The van der Waals surface area contributed by atoms with Gasteiger partial charge in [0.15, 0.2) is 5.82 Å². The SMILES string of the molecule is Cc1cc(NC(=O)OC(C)(C)C)ccc1-n1nc(C)c2ncnc(N=CN(C)C)c21.